The lowest BCUT2D eigenvalue weighted by molar-refractivity contribution is -0.141. The zero-order valence-electron chi connectivity index (χ0n) is 8.52. The van der Waals surface area contributed by atoms with E-state index in [4.69, 9.17) is 0 Å². The highest BCUT2D eigenvalue weighted by molar-refractivity contribution is 5.88. The Balaban J connectivity index is 2.71. The predicted octanol–water partition coefficient (Wildman–Crippen LogP) is 1.53. The zero-order valence-corrected chi connectivity index (χ0v) is 8.52. The fourth-order valence-electron chi connectivity index (χ4n) is 1.32. The third-order valence-electron chi connectivity index (χ3n) is 2.07. The molecule has 0 fully saturated rings. The predicted molar refractivity (Wildman–Crippen MR) is 49.3 cm³/mol. The van der Waals surface area contributed by atoms with Crippen molar-refractivity contribution in [2.24, 2.45) is 0 Å². The highest BCUT2D eigenvalue weighted by Crippen LogP contribution is 2.28. The second-order valence-electron chi connectivity index (χ2n) is 3.14. The van der Waals surface area contributed by atoms with Crippen molar-refractivity contribution in [3.05, 3.63) is 30.0 Å². The average Bonchev–Trinajstić information content (AvgIpc) is 2.73. The van der Waals surface area contributed by atoms with E-state index in [9.17, 15) is 18.0 Å². The number of esters is 1. The Morgan fingerprint density at radius 2 is 2.18 bits per heavy atom. The first kappa shape index (κ1) is 11.4. The Kier molecular flexibility index (Phi) is 2.49. The van der Waals surface area contributed by atoms with Crippen LogP contribution in [0.15, 0.2) is 18.6 Å². The van der Waals surface area contributed by atoms with E-state index in [0.29, 0.717) is 6.07 Å². The minimum absolute atomic E-state index is 0.0692. The van der Waals surface area contributed by atoms with Crippen LogP contribution in [0.2, 0.25) is 0 Å². The second kappa shape index (κ2) is 3.72. The molecule has 0 aliphatic carbocycles. The van der Waals surface area contributed by atoms with Crippen molar-refractivity contribution in [1.82, 2.24) is 14.4 Å². The fraction of sp³-hybridized carbons (Fsp3) is 0.222. The number of fused-ring (bicyclic) bond motifs is 1. The SMILES string of the molecule is COC(=O)c1cc(C(F)(F)F)nc2cncn12. The molecule has 0 N–H and O–H groups in total. The molecule has 0 aliphatic rings. The quantitative estimate of drug-likeness (QED) is 0.715. The summed E-state index contributed by atoms with van der Waals surface area (Å²) in [4.78, 5) is 18.3. The van der Waals surface area contributed by atoms with E-state index in [1.54, 1.807) is 0 Å². The Morgan fingerprint density at radius 1 is 1.47 bits per heavy atom. The molecule has 0 saturated carbocycles. The molecule has 2 rings (SSSR count). The first-order valence-electron chi connectivity index (χ1n) is 4.42. The van der Waals surface area contributed by atoms with Crippen molar-refractivity contribution in [2.45, 2.75) is 6.18 Å². The average molecular weight is 245 g/mol. The number of methoxy groups -OCH3 is 1. The van der Waals surface area contributed by atoms with Crippen LogP contribution in [0.1, 0.15) is 16.2 Å². The van der Waals surface area contributed by atoms with E-state index >= 15 is 0 Å². The third kappa shape index (κ3) is 1.93. The number of nitrogens with zero attached hydrogens (tertiary/aromatic N) is 3. The molecule has 0 spiro atoms. The van der Waals surface area contributed by atoms with E-state index in [0.717, 1.165) is 17.7 Å². The summed E-state index contributed by atoms with van der Waals surface area (Å²) < 4.78 is 43.1. The minimum Gasteiger partial charge on any atom is -0.464 e. The fourth-order valence-corrected chi connectivity index (χ4v) is 1.32. The van der Waals surface area contributed by atoms with Gasteiger partial charge in [-0.1, -0.05) is 0 Å². The van der Waals surface area contributed by atoms with Crippen LogP contribution in [0.5, 0.6) is 0 Å². The molecule has 0 aliphatic heterocycles. The van der Waals surface area contributed by atoms with Crippen LogP contribution in [0.3, 0.4) is 0 Å². The molecule has 2 aromatic heterocycles. The largest absolute Gasteiger partial charge is 0.464 e. The van der Waals surface area contributed by atoms with Crippen LogP contribution >= 0.6 is 0 Å². The van der Waals surface area contributed by atoms with Gasteiger partial charge in [0.15, 0.2) is 5.65 Å². The van der Waals surface area contributed by atoms with Crippen LogP contribution in [-0.4, -0.2) is 27.4 Å². The maximum Gasteiger partial charge on any atom is 0.433 e. The van der Waals surface area contributed by atoms with E-state index in [2.05, 4.69) is 14.7 Å². The lowest BCUT2D eigenvalue weighted by Gasteiger charge is -2.09. The second-order valence-corrected chi connectivity index (χ2v) is 3.14. The molecule has 5 nitrogen and oxygen atoms in total. The molecule has 2 heterocycles. The van der Waals surface area contributed by atoms with Crippen LogP contribution in [0.4, 0.5) is 13.2 Å². The maximum absolute atomic E-state index is 12.5. The molecule has 2 aromatic rings. The molecule has 90 valence electrons. The highest BCUT2D eigenvalue weighted by atomic mass is 19.4. The number of alkyl halides is 3. The molecule has 17 heavy (non-hydrogen) atoms. The first-order valence-corrected chi connectivity index (χ1v) is 4.42. The minimum atomic E-state index is -4.63. The molecule has 0 unspecified atom stereocenters. The summed E-state index contributed by atoms with van der Waals surface area (Å²) in [6, 6.07) is 0.626. The van der Waals surface area contributed by atoms with Crippen molar-refractivity contribution < 1.29 is 22.7 Å². The van der Waals surface area contributed by atoms with Crippen LogP contribution in [0, 0.1) is 0 Å². The van der Waals surface area contributed by atoms with Gasteiger partial charge in [0, 0.05) is 6.07 Å². The number of ether oxygens (including phenoxy) is 1. The summed E-state index contributed by atoms with van der Waals surface area (Å²) in [6.45, 7) is 0. The van der Waals surface area contributed by atoms with Gasteiger partial charge in [-0.3, -0.25) is 4.40 Å². The van der Waals surface area contributed by atoms with Gasteiger partial charge in [-0.25, -0.2) is 14.8 Å². The summed E-state index contributed by atoms with van der Waals surface area (Å²) in [5, 5.41) is 0. The van der Waals surface area contributed by atoms with Gasteiger partial charge in [0.1, 0.15) is 17.7 Å². The lowest BCUT2D eigenvalue weighted by atomic mass is 10.3. The van der Waals surface area contributed by atoms with E-state index < -0.39 is 17.8 Å². The van der Waals surface area contributed by atoms with Crippen LogP contribution in [-0.2, 0) is 10.9 Å². The van der Waals surface area contributed by atoms with Crippen molar-refractivity contribution in [1.29, 1.82) is 0 Å². The molecule has 0 bridgehead atoms. The lowest BCUT2D eigenvalue weighted by Crippen LogP contribution is -2.15. The summed E-state index contributed by atoms with van der Waals surface area (Å²) in [5.74, 6) is -0.888. The van der Waals surface area contributed by atoms with Gasteiger partial charge in [-0.2, -0.15) is 13.2 Å². The Morgan fingerprint density at radius 3 is 2.76 bits per heavy atom. The van der Waals surface area contributed by atoms with Crippen molar-refractivity contribution in [3.8, 4) is 0 Å². The van der Waals surface area contributed by atoms with Crippen molar-refractivity contribution in [3.63, 3.8) is 0 Å². The Hall–Kier alpha value is -2.12. The van der Waals surface area contributed by atoms with Gasteiger partial charge in [0.25, 0.3) is 0 Å². The van der Waals surface area contributed by atoms with E-state index in [-0.39, 0.29) is 11.3 Å². The Bertz CT molecular complexity index is 576. The topological polar surface area (TPSA) is 56.5 Å². The zero-order chi connectivity index (χ0) is 12.6. The number of hydrogen-bond donors (Lipinski definition) is 0. The van der Waals surface area contributed by atoms with Gasteiger partial charge in [0.2, 0.25) is 0 Å². The smallest absolute Gasteiger partial charge is 0.433 e. The van der Waals surface area contributed by atoms with Gasteiger partial charge < -0.3 is 4.74 Å². The highest BCUT2D eigenvalue weighted by Gasteiger charge is 2.34. The van der Waals surface area contributed by atoms with Gasteiger partial charge in [-0.05, 0) is 0 Å². The monoisotopic (exact) mass is 245 g/mol. The number of hydrogen-bond acceptors (Lipinski definition) is 4. The molecule has 0 atom stereocenters. The normalized spacial score (nSPS) is 11.8. The number of carbonyl (C=O) groups is 1. The molecule has 0 aromatic carbocycles. The molecular formula is C9H6F3N3O2. The summed E-state index contributed by atoms with van der Waals surface area (Å²) in [6.07, 6.45) is -2.31. The van der Waals surface area contributed by atoms with Crippen molar-refractivity contribution in [2.75, 3.05) is 7.11 Å². The number of aromatic nitrogens is 3. The summed E-state index contributed by atoms with van der Waals surface area (Å²) in [5.41, 5.74) is -1.51. The van der Waals surface area contributed by atoms with Gasteiger partial charge in [-0.15, -0.1) is 0 Å². The van der Waals surface area contributed by atoms with Gasteiger partial charge >= 0.3 is 12.1 Å². The maximum atomic E-state index is 12.5. The summed E-state index contributed by atoms with van der Waals surface area (Å²) >= 11 is 0. The number of imidazole rings is 1. The number of rotatable bonds is 1. The molecular weight excluding hydrogens is 239 g/mol. The van der Waals surface area contributed by atoms with Gasteiger partial charge in [0.05, 0.1) is 13.3 Å². The molecule has 0 radical (unpaired) electrons. The Labute approximate surface area is 92.9 Å². The van der Waals surface area contributed by atoms with E-state index in [1.165, 1.54) is 6.33 Å². The first-order chi connectivity index (χ1) is 7.93. The standard InChI is InChI=1S/C9H6F3N3O2/c1-17-8(16)5-2-6(9(10,11)12)14-7-3-13-4-15(5)7/h2-4H,1H3. The third-order valence-corrected chi connectivity index (χ3v) is 2.07. The number of halogens is 3. The van der Waals surface area contributed by atoms with Crippen molar-refractivity contribution >= 4 is 11.6 Å². The van der Waals surface area contributed by atoms with Crippen LogP contribution < -0.4 is 0 Å². The molecule has 0 saturated heterocycles. The number of carbonyl (C=O) groups excluding carboxylic acids is 1. The molecule has 0 amide bonds. The van der Waals surface area contributed by atoms with Crippen LogP contribution in [0.25, 0.3) is 5.65 Å². The molecule has 8 heteroatoms. The summed E-state index contributed by atoms with van der Waals surface area (Å²) in [7, 11) is 1.08. The van der Waals surface area contributed by atoms with E-state index in [1.807, 2.05) is 0 Å².